The third kappa shape index (κ3) is 1.37. The van der Waals surface area contributed by atoms with E-state index in [1.165, 1.54) is 16.7 Å². The van der Waals surface area contributed by atoms with Crippen LogP contribution in [0.4, 0.5) is 0 Å². The van der Waals surface area contributed by atoms with Gasteiger partial charge in [0.05, 0.1) is 0 Å². The van der Waals surface area contributed by atoms with Crippen LogP contribution in [0.5, 0.6) is 0 Å². The Balaban J connectivity index is 3.32. The van der Waals surface area contributed by atoms with Crippen LogP contribution >= 0.6 is 0 Å². The highest BCUT2D eigenvalue weighted by Gasteiger charge is 2.40. The molecule has 13 heavy (non-hydrogen) atoms. The molecule has 0 nitrogen and oxygen atoms in total. The summed E-state index contributed by atoms with van der Waals surface area (Å²) in [6.45, 7) is 15.8. The van der Waals surface area contributed by atoms with Gasteiger partial charge in [-0.1, -0.05) is 33.3 Å². The Morgan fingerprint density at radius 1 is 0.923 bits per heavy atom. The molecule has 0 fully saturated rings. The first-order valence-electron chi connectivity index (χ1n) is 5.00. The first-order valence-corrected chi connectivity index (χ1v) is 5.00. The molecule has 0 amide bonds. The Morgan fingerprint density at radius 3 is 1.85 bits per heavy atom. The van der Waals surface area contributed by atoms with Gasteiger partial charge in [0, 0.05) is 0 Å². The quantitative estimate of drug-likeness (QED) is 0.521. The van der Waals surface area contributed by atoms with Gasteiger partial charge in [0.1, 0.15) is 0 Å². The molecule has 0 saturated carbocycles. The lowest BCUT2D eigenvalue weighted by Gasteiger charge is -2.44. The Hall–Kier alpha value is -0.520. The molecule has 0 aromatic rings. The standard InChI is InChI=1S/C13H21/c1-9-8-12(4,5)13(6,7)11(3)10(9)2/h1-7H3. The van der Waals surface area contributed by atoms with Crippen LogP contribution in [-0.2, 0) is 0 Å². The predicted octanol–water partition coefficient (Wildman–Crippen LogP) is 4.14. The lowest BCUT2D eigenvalue weighted by Crippen LogP contribution is -2.35. The van der Waals surface area contributed by atoms with Crippen molar-refractivity contribution in [3.05, 3.63) is 22.8 Å². The SMILES string of the molecule is CC1=[C]C(C)(C)C(C)(C)C(C)=C1C. The highest BCUT2D eigenvalue weighted by molar-refractivity contribution is 5.39. The summed E-state index contributed by atoms with van der Waals surface area (Å²) in [5, 5.41) is 0. The average Bonchev–Trinajstić information content (AvgIpc) is 1.98. The number of hydrogen-bond donors (Lipinski definition) is 0. The van der Waals surface area contributed by atoms with Crippen LogP contribution in [-0.4, -0.2) is 0 Å². The zero-order valence-electron chi connectivity index (χ0n) is 10.0. The van der Waals surface area contributed by atoms with E-state index < -0.39 is 0 Å². The maximum Gasteiger partial charge on any atom is -0.000943 e. The van der Waals surface area contributed by atoms with E-state index in [0.717, 1.165) is 0 Å². The Morgan fingerprint density at radius 2 is 1.38 bits per heavy atom. The number of rotatable bonds is 0. The second-order valence-corrected chi connectivity index (χ2v) is 5.25. The van der Waals surface area contributed by atoms with Crippen LogP contribution < -0.4 is 0 Å². The molecule has 0 N–H and O–H groups in total. The molecule has 0 spiro atoms. The van der Waals surface area contributed by atoms with Gasteiger partial charge in [-0.05, 0) is 48.8 Å². The maximum absolute atomic E-state index is 3.58. The molecule has 0 atom stereocenters. The first kappa shape index (κ1) is 10.6. The first-order chi connectivity index (χ1) is 5.70. The summed E-state index contributed by atoms with van der Waals surface area (Å²) in [7, 11) is 0. The topological polar surface area (TPSA) is 0 Å². The average molecular weight is 177 g/mol. The fraction of sp³-hybridized carbons (Fsp3) is 0.692. The summed E-state index contributed by atoms with van der Waals surface area (Å²) in [6, 6.07) is 0. The van der Waals surface area contributed by atoms with E-state index >= 15 is 0 Å². The Bertz CT molecular complexity index is 285. The van der Waals surface area contributed by atoms with Gasteiger partial charge in [0.25, 0.3) is 0 Å². The summed E-state index contributed by atoms with van der Waals surface area (Å²) < 4.78 is 0. The van der Waals surface area contributed by atoms with Gasteiger partial charge in [-0.3, -0.25) is 0 Å². The minimum Gasteiger partial charge on any atom is -0.0636 e. The molecule has 73 valence electrons. The van der Waals surface area contributed by atoms with E-state index in [9.17, 15) is 0 Å². The molecule has 0 aliphatic heterocycles. The summed E-state index contributed by atoms with van der Waals surface area (Å²) in [5.41, 5.74) is 4.64. The van der Waals surface area contributed by atoms with Crippen LogP contribution in [0.25, 0.3) is 0 Å². The molecule has 0 aromatic heterocycles. The molecule has 0 heterocycles. The van der Waals surface area contributed by atoms with Crippen molar-refractivity contribution in [2.45, 2.75) is 48.5 Å². The zero-order chi connectivity index (χ0) is 10.4. The van der Waals surface area contributed by atoms with Crippen molar-refractivity contribution in [1.82, 2.24) is 0 Å². The van der Waals surface area contributed by atoms with Crippen molar-refractivity contribution in [1.29, 1.82) is 0 Å². The molecule has 1 aliphatic carbocycles. The van der Waals surface area contributed by atoms with Crippen LogP contribution in [0.15, 0.2) is 16.7 Å². The van der Waals surface area contributed by atoms with Gasteiger partial charge >= 0.3 is 0 Å². The van der Waals surface area contributed by atoms with Crippen LogP contribution in [0.2, 0.25) is 0 Å². The van der Waals surface area contributed by atoms with Crippen LogP contribution in [0.1, 0.15) is 48.5 Å². The minimum absolute atomic E-state index is 0.153. The smallest absolute Gasteiger partial charge is 0.000943 e. The van der Waals surface area contributed by atoms with Gasteiger partial charge in [-0.2, -0.15) is 0 Å². The maximum atomic E-state index is 3.58. The lowest BCUT2D eigenvalue weighted by atomic mass is 9.59. The van der Waals surface area contributed by atoms with E-state index in [1.807, 2.05) is 0 Å². The van der Waals surface area contributed by atoms with Gasteiger partial charge in [-0.15, -0.1) is 0 Å². The summed E-state index contributed by atoms with van der Waals surface area (Å²) >= 11 is 0. The lowest BCUT2D eigenvalue weighted by molar-refractivity contribution is 0.197. The number of allylic oxidation sites excluding steroid dienone is 4. The van der Waals surface area contributed by atoms with Gasteiger partial charge in [-0.25, -0.2) is 0 Å². The van der Waals surface area contributed by atoms with E-state index in [0.29, 0.717) is 0 Å². The highest BCUT2D eigenvalue weighted by atomic mass is 14.4. The van der Waals surface area contributed by atoms with Gasteiger partial charge in [0.2, 0.25) is 0 Å². The van der Waals surface area contributed by atoms with Crippen LogP contribution in [0, 0.1) is 16.9 Å². The Labute approximate surface area is 82.7 Å². The van der Waals surface area contributed by atoms with E-state index in [1.54, 1.807) is 0 Å². The zero-order valence-corrected chi connectivity index (χ0v) is 10.0. The predicted molar refractivity (Wildman–Crippen MR) is 58.4 cm³/mol. The minimum atomic E-state index is 0.153. The second kappa shape index (κ2) is 2.73. The van der Waals surface area contributed by atoms with Crippen molar-refractivity contribution in [3.8, 4) is 0 Å². The van der Waals surface area contributed by atoms with E-state index in [2.05, 4.69) is 54.5 Å². The Kier molecular flexibility index (Phi) is 2.22. The third-order valence-corrected chi connectivity index (χ3v) is 4.12. The van der Waals surface area contributed by atoms with E-state index in [-0.39, 0.29) is 10.8 Å². The molecule has 1 radical (unpaired) electrons. The number of hydrogen-bond acceptors (Lipinski definition) is 0. The molecule has 1 aliphatic rings. The van der Waals surface area contributed by atoms with Crippen molar-refractivity contribution < 1.29 is 0 Å². The monoisotopic (exact) mass is 177 g/mol. The largest absolute Gasteiger partial charge is 0.0636 e. The van der Waals surface area contributed by atoms with E-state index in [4.69, 9.17) is 0 Å². The highest BCUT2D eigenvalue weighted by Crippen LogP contribution is 2.50. The molecular weight excluding hydrogens is 156 g/mol. The normalized spacial score (nSPS) is 25.9. The van der Waals surface area contributed by atoms with Crippen molar-refractivity contribution in [2.75, 3.05) is 0 Å². The third-order valence-electron chi connectivity index (χ3n) is 4.12. The molecule has 0 aromatic carbocycles. The van der Waals surface area contributed by atoms with Gasteiger partial charge < -0.3 is 0 Å². The van der Waals surface area contributed by atoms with Crippen LogP contribution in [0.3, 0.4) is 0 Å². The molecule has 0 saturated heterocycles. The molecule has 0 heteroatoms. The fourth-order valence-electron chi connectivity index (χ4n) is 1.94. The second-order valence-electron chi connectivity index (χ2n) is 5.25. The van der Waals surface area contributed by atoms with Crippen molar-refractivity contribution in [3.63, 3.8) is 0 Å². The molecule has 0 bridgehead atoms. The fourth-order valence-corrected chi connectivity index (χ4v) is 1.94. The van der Waals surface area contributed by atoms with Crippen molar-refractivity contribution in [2.24, 2.45) is 10.8 Å². The molecule has 1 rings (SSSR count). The van der Waals surface area contributed by atoms with Crippen molar-refractivity contribution >= 4 is 0 Å². The summed E-state index contributed by atoms with van der Waals surface area (Å²) in [5.74, 6) is 0. The molecular formula is C13H21. The summed E-state index contributed by atoms with van der Waals surface area (Å²) in [6.07, 6.45) is 3.58. The van der Waals surface area contributed by atoms with Gasteiger partial charge in [0.15, 0.2) is 0 Å². The summed E-state index contributed by atoms with van der Waals surface area (Å²) in [4.78, 5) is 0. The molecule has 0 unspecified atom stereocenters.